The predicted molar refractivity (Wildman–Crippen MR) is 84.5 cm³/mol. The number of ether oxygens (including phenoxy) is 1. The smallest absolute Gasteiger partial charge is 0.407 e. The SMILES string of the molecule is Cc1cc(C=CCCNC(=O)OC(C)(C)C)ccc1C=O. The third-order valence-electron chi connectivity index (χ3n) is 2.71. The molecule has 0 heterocycles. The minimum atomic E-state index is -0.474. The summed E-state index contributed by atoms with van der Waals surface area (Å²) in [6.07, 6.45) is 5.12. The zero-order valence-electron chi connectivity index (χ0n) is 13.1. The number of aryl methyl sites for hydroxylation is 1. The second kappa shape index (κ2) is 7.62. The van der Waals surface area contributed by atoms with Crippen LogP contribution in [0.15, 0.2) is 24.3 Å². The molecule has 4 heteroatoms. The first-order chi connectivity index (χ1) is 9.81. The van der Waals surface area contributed by atoms with E-state index in [1.54, 1.807) is 6.07 Å². The van der Waals surface area contributed by atoms with Gasteiger partial charge in [0, 0.05) is 12.1 Å². The summed E-state index contributed by atoms with van der Waals surface area (Å²) in [5, 5.41) is 2.70. The molecule has 0 saturated carbocycles. The highest BCUT2D eigenvalue weighted by Gasteiger charge is 2.15. The van der Waals surface area contributed by atoms with Crippen LogP contribution in [0.1, 0.15) is 48.7 Å². The quantitative estimate of drug-likeness (QED) is 0.663. The van der Waals surface area contributed by atoms with Crippen LogP contribution in [0.5, 0.6) is 0 Å². The van der Waals surface area contributed by atoms with Gasteiger partial charge in [-0.15, -0.1) is 0 Å². The highest BCUT2D eigenvalue weighted by molar-refractivity contribution is 5.77. The summed E-state index contributed by atoms with van der Waals surface area (Å²) in [5.74, 6) is 0. The average molecular weight is 289 g/mol. The minimum absolute atomic E-state index is 0.401. The number of aldehydes is 1. The Labute approximate surface area is 126 Å². The van der Waals surface area contributed by atoms with Crippen LogP contribution in [0.3, 0.4) is 0 Å². The zero-order chi connectivity index (χ0) is 15.9. The number of nitrogens with one attached hydrogen (secondary N) is 1. The maximum Gasteiger partial charge on any atom is 0.407 e. The number of benzene rings is 1. The molecule has 0 aliphatic heterocycles. The lowest BCUT2D eigenvalue weighted by Crippen LogP contribution is -2.32. The molecular formula is C17H23NO3. The van der Waals surface area contributed by atoms with Gasteiger partial charge in [-0.3, -0.25) is 4.79 Å². The highest BCUT2D eigenvalue weighted by atomic mass is 16.6. The van der Waals surface area contributed by atoms with E-state index in [1.807, 2.05) is 52.0 Å². The number of carbonyl (C=O) groups is 2. The zero-order valence-corrected chi connectivity index (χ0v) is 13.1. The first kappa shape index (κ1) is 17.0. The van der Waals surface area contributed by atoms with Crippen molar-refractivity contribution < 1.29 is 14.3 Å². The number of rotatable bonds is 5. The molecule has 21 heavy (non-hydrogen) atoms. The fourth-order valence-corrected chi connectivity index (χ4v) is 1.73. The molecule has 1 rings (SSSR count). The van der Waals surface area contributed by atoms with Gasteiger partial charge in [0.1, 0.15) is 11.9 Å². The van der Waals surface area contributed by atoms with Gasteiger partial charge in [-0.25, -0.2) is 4.79 Å². The summed E-state index contributed by atoms with van der Waals surface area (Å²) < 4.78 is 5.14. The summed E-state index contributed by atoms with van der Waals surface area (Å²) in [7, 11) is 0. The van der Waals surface area contributed by atoms with Gasteiger partial charge >= 0.3 is 6.09 Å². The monoisotopic (exact) mass is 289 g/mol. The molecule has 0 fully saturated rings. The molecule has 0 aliphatic rings. The molecule has 0 unspecified atom stereocenters. The molecular weight excluding hydrogens is 266 g/mol. The van der Waals surface area contributed by atoms with Gasteiger partial charge < -0.3 is 10.1 Å². The number of hydrogen-bond acceptors (Lipinski definition) is 3. The lowest BCUT2D eigenvalue weighted by atomic mass is 10.1. The first-order valence-electron chi connectivity index (χ1n) is 7.01. The second-order valence-electron chi connectivity index (χ2n) is 5.85. The van der Waals surface area contributed by atoms with E-state index in [4.69, 9.17) is 4.74 Å². The van der Waals surface area contributed by atoms with Gasteiger partial charge in [0.15, 0.2) is 0 Å². The molecule has 1 aromatic rings. The molecule has 1 N–H and O–H groups in total. The number of carbonyl (C=O) groups excluding carboxylic acids is 2. The van der Waals surface area contributed by atoms with Crippen molar-refractivity contribution >= 4 is 18.5 Å². The number of alkyl carbamates (subject to hydrolysis) is 1. The molecule has 0 aliphatic carbocycles. The third-order valence-corrected chi connectivity index (χ3v) is 2.71. The fourth-order valence-electron chi connectivity index (χ4n) is 1.73. The van der Waals surface area contributed by atoms with Gasteiger partial charge in [0.25, 0.3) is 0 Å². The van der Waals surface area contributed by atoms with Crippen LogP contribution in [0.2, 0.25) is 0 Å². The van der Waals surface area contributed by atoms with E-state index in [-0.39, 0.29) is 0 Å². The lowest BCUT2D eigenvalue weighted by molar-refractivity contribution is 0.0528. The van der Waals surface area contributed by atoms with E-state index in [9.17, 15) is 9.59 Å². The number of amides is 1. The van der Waals surface area contributed by atoms with Gasteiger partial charge in [0.2, 0.25) is 0 Å². The molecule has 0 spiro atoms. The maximum absolute atomic E-state index is 11.4. The molecule has 114 valence electrons. The summed E-state index contributed by atoms with van der Waals surface area (Å²) >= 11 is 0. The fraction of sp³-hybridized carbons (Fsp3) is 0.412. The molecule has 0 bridgehead atoms. The topological polar surface area (TPSA) is 55.4 Å². The first-order valence-corrected chi connectivity index (χ1v) is 7.01. The Hall–Kier alpha value is -2.10. The van der Waals surface area contributed by atoms with Crippen molar-refractivity contribution in [3.05, 3.63) is 41.0 Å². The van der Waals surface area contributed by atoms with E-state index in [0.717, 1.165) is 17.4 Å². The average Bonchev–Trinajstić information content (AvgIpc) is 2.36. The molecule has 1 aromatic carbocycles. The van der Waals surface area contributed by atoms with E-state index >= 15 is 0 Å². The Morgan fingerprint density at radius 3 is 2.62 bits per heavy atom. The standard InChI is InChI=1S/C17H23NO3/c1-13-11-14(8-9-15(13)12-19)7-5-6-10-18-16(20)21-17(2,3)4/h5,7-9,11-12H,6,10H2,1-4H3,(H,18,20). The Morgan fingerprint density at radius 2 is 2.05 bits per heavy atom. The van der Waals surface area contributed by atoms with Crippen LogP contribution in [-0.2, 0) is 4.74 Å². The highest BCUT2D eigenvalue weighted by Crippen LogP contribution is 2.11. The molecule has 0 atom stereocenters. The predicted octanol–water partition coefficient (Wildman–Crippen LogP) is 3.74. The molecule has 1 amide bonds. The van der Waals surface area contributed by atoms with Crippen molar-refractivity contribution in [3.8, 4) is 0 Å². The van der Waals surface area contributed by atoms with Gasteiger partial charge in [0.05, 0.1) is 0 Å². The second-order valence-corrected chi connectivity index (χ2v) is 5.85. The largest absolute Gasteiger partial charge is 0.444 e. The Morgan fingerprint density at radius 1 is 1.33 bits per heavy atom. The summed E-state index contributed by atoms with van der Waals surface area (Å²) in [6, 6.07) is 5.66. The molecule has 4 nitrogen and oxygen atoms in total. The van der Waals surface area contributed by atoms with Crippen molar-refractivity contribution in [3.63, 3.8) is 0 Å². The van der Waals surface area contributed by atoms with Gasteiger partial charge in [-0.1, -0.05) is 30.4 Å². The Bertz CT molecular complexity index is 527. The van der Waals surface area contributed by atoms with E-state index < -0.39 is 11.7 Å². The van der Waals surface area contributed by atoms with Crippen LogP contribution in [0, 0.1) is 6.92 Å². The Balaban J connectivity index is 2.37. The van der Waals surface area contributed by atoms with Crippen LogP contribution < -0.4 is 5.32 Å². The lowest BCUT2D eigenvalue weighted by Gasteiger charge is -2.19. The third kappa shape index (κ3) is 6.75. The minimum Gasteiger partial charge on any atom is -0.444 e. The van der Waals surface area contributed by atoms with Crippen LogP contribution in [0.25, 0.3) is 6.08 Å². The van der Waals surface area contributed by atoms with Crippen LogP contribution in [0.4, 0.5) is 4.79 Å². The van der Waals surface area contributed by atoms with Gasteiger partial charge in [-0.2, -0.15) is 0 Å². The van der Waals surface area contributed by atoms with E-state index in [2.05, 4.69) is 5.32 Å². The van der Waals surface area contributed by atoms with Crippen molar-refractivity contribution in [2.75, 3.05) is 6.54 Å². The normalized spacial score (nSPS) is 11.4. The number of hydrogen-bond donors (Lipinski definition) is 1. The molecule has 0 aromatic heterocycles. The van der Waals surface area contributed by atoms with Gasteiger partial charge in [-0.05, 0) is 45.2 Å². The summed E-state index contributed by atoms with van der Waals surface area (Å²) in [4.78, 5) is 22.1. The maximum atomic E-state index is 11.4. The van der Waals surface area contributed by atoms with Crippen molar-refractivity contribution in [1.82, 2.24) is 5.32 Å². The van der Waals surface area contributed by atoms with Crippen LogP contribution in [-0.4, -0.2) is 24.5 Å². The molecule has 0 saturated heterocycles. The van der Waals surface area contributed by atoms with E-state index in [1.165, 1.54) is 0 Å². The summed E-state index contributed by atoms with van der Waals surface area (Å²) in [5.41, 5.74) is 2.23. The van der Waals surface area contributed by atoms with Crippen molar-refractivity contribution in [1.29, 1.82) is 0 Å². The summed E-state index contributed by atoms with van der Waals surface area (Å²) in [6.45, 7) is 7.93. The van der Waals surface area contributed by atoms with E-state index in [0.29, 0.717) is 18.5 Å². The van der Waals surface area contributed by atoms with Crippen LogP contribution >= 0.6 is 0 Å². The van der Waals surface area contributed by atoms with Crippen molar-refractivity contribution in [2.45, 2.75) is 39.7 Å². The Kier molecular flexibility index (Phi) is 6.15. The van der Waals surface area contributed by atoms with Crippen molar-refractivity contribution in [2.24, 2.45) is 0 Å². The molecule has 0 radical (unpaired) electrons.